The Morgan fingerprint density at radius 2 is 1.95 bits per heavy atom. The first kappa shape index (κ1) is 16.5. The second-order valence-electron chi connectivity index (χ2n) is 6.41. The highest BCUT2D eigenvalue weighted by Crippen LogP contribution is 2.24. The molecule has 118 valence electrons. The summed E-state index contributed by atoms with van der Waals surface area (Å²) in [5.74, 6) is 0.498. The van der Waals surface area contributed by atoms with Crippen molar-refractivity contribution < 1.29 is 5.11 Å². The lowest BCUT2D eigenvalue weighted by molar-refractivity contribution is 0.0706. The van der Waals surface area contributed by atoms with Crippen molar-refractivity contribution in [1.82, 2.24) is 10.2 Å². The first-order valence-corrected chi connectivity index (χ1v) is 8.25. The quantitative estimate of drug-likeness (QED) is 0.845. The van der Waals surface area contributed by atoms with E-state index in [1.54, 1.807) is 0 Å². The molecule has 2 atom stereocenters. The van der Waals surface area contributed by atoms with Crippen LogP contribution in [0.4, 0.5) is 0 Å². The van der Waals surface area contributed by atoms with Crippen molar-refractivity contribution in [2.24, 2.45) is 5.92 Å². The van der Waals surface area contributed by atoms with Crippen LogP contribution in [-0.2, 0) is 0 Å². The van der Waals surface area contributed by atoms with Crippen LogP contribution < -0.4 is 5.32 Å². The van der Waals surface area contributed by atoms with Gasteiger partial charge in [-0.15, -0.1) is 0 Å². The highest BCUT2D eigenvalue weighted by atomic mass is 16.3. The lowest BCUT2D eigenvalue weighted by Crippen LogP contribution is -2.38. The average Bonchev–Trinajstić information content (AvgIpc) is 2.50. The number of likely N-dealkylation sites (tertiary alicyclic amines) is 1. The molecule has 1 fully saturated rings. The molecule has 2 N–H and O–H groups in total. The second-order valence-corrected chi connectivity index (χ2v) is 6.41. The van der Waals surface area contributed by atoms with Crippen LogP contribution >= 0.6 is 0 Å². The molecule has 2 rings (SSSR count). The van der Waals surface area contributed by atoms with Gasteiger partial charge in [-0.1, -0.05) is 24.3 Å². The maximum atomic E-state index is 9.67. The molecule has 0 saturated carbocycles. The summed E-state index contributed by atoms with van der Waals surface area (Å²) >= 11 is 0. The van der Waals surface area contributed by atoms with Gasteiger partial charge in [-0.05, 0) is 76.8 Å². The molecule has 3 nitrogen and oxygen atoms in total. The third-order valence-electron chi connectivity index (χ3n) is 4.96. The second kappa shape index (κ2) is 7.92. The topological polar surface area (TPSA) is 35.5 Å². The highest BCUT2D eigenvalue weighted by Gasteiger charge is 2.23. The Bertz CT molecular complexity index is 425. The molecule has 3 heteroatoms. The summed E-state index contributed by atoms with van der Waals surface area (Å²) in [6, 6.07) is 9.08. The van der Waals surface area contributed by atoms with Crippen molar-refractivity contribution in [2.75, 3.05) is 26.7 Å². The van der Waals surface area contributed by atoms with E-state index < -0.39 is 0 Å². The van der Waals surface area contributed by atoms with E-state index in [2.05, 4.69) is 48.5 Å². The maximum absolute atomic E-state index is 9.67. The largest absolute Gasteiger partial charge is 0.393 e. The maximum Gasteiger partial charge on any atom is 0.0541 e. The molecular formula is C18H30N2O. The Morgan fingerprint density at radius 3 is 2.52 bits per heavy atom. The van der Waals surface area contributed by atoms with Gasteiger partial charge in [-0.2, -0.15) is 0 Å². The number of aliphatic hydroxyl groups excluding tert-OH is 1. The predicted molar refractivity (Wildman–Crippen MR) is 88.4 cm³/mol. The van der Waals surface area contributed by atoms with E-state index >= 15 is 0 Å². The van der Waals surface area contributed by atoms with Crippen LogP contribution in [0.2, 0.25) is 0 Å². The van der Waals surface area contributed by atoms with Crippen molar-refractivity contribution in [3.63, 3.8) is 0 Å². The lowest BCUT2D eigenvalue weighted by Gasteiger charge is -2.34. The minimum absolute atomic E-state index is 0.149. The van der Waals surface area contributed by atoms with Crippen LogP contribution in [0.15, 0.2) is 24.3 Å². The molecule has 1 aliphatic rings. The van der Waals surface area contributed by atoms with Gasteiger partial charge in [0.1, 0.15) is 0 Å². The standard InChI is InChI=1S/C18H30N2O/c1-14-6-4-5-7-17(14)18(19-3)10-13-20-11-8-16(9-12-20)15(2)21/h4-7,15-16,18-19,21H,8-13H2,1-3H3. The van der Waals surface area contributed by atoms with Gasteiger partial charge in [0.25, 0.3) is 0 Å². The smallest absolute Gasteiger partial charge is 0.0541 e. The number of nitrogens with one attached hydrogen (secondary N) is 1. The number of aryl methyl sites for hydroxylation is 1. The molecule has 0 aromatic heterocycles. The van der Waals surface area contributed by atoms with Crippen LogP contribution in [0.1, 0.15) is 43.4 Å². The van der Waals surface area contributed by atoms with Gasteiger partial charge in [0.15, 0.2) is 0 Å². The summed E-state index contributed by atoms with van der Waals surface area (Å²) < 4.78 is 0. The van der Waals surface area contributed by atoms with Gasteiger partial charge < -0.3 is 15.3 Å². The molecule has 2 unspecified atom stereocenters. The van der Waals surface area contributed by atoms with Crippen molar-refractivity contribution in [3.05, 3.63) is 35.4 Å². The lowest BCUT2D eigenvalue weighted by atomic mass is 9.91. The molecule has 0 bridgehead atoms. The minimum Gasteiger partial charge on any atom is -0.393 e. The van der Waals surface area contributed by atoms with Gasteiger partial charge in [0.2, 0.25) is 0 Å². The number of benzene rings is 1. The van der Waals surface area contributed by atoms with Gasteiger partial charge in [-0.3, -0.25) is 0 Å². The van der Waals surface area contributed by atoms with Crippen molar-refractivity contribution >= 4 is 0 Å². The zero-order valence-electron chi connectivity index (χ0n) is 13.7. The van der Waals surface area contributed by atoms with Gasteiger partial charge in [-0.25, -0.2) is 0 Å². The Hall–Kier alpha value is -0.900. The zero-order chi connectivity index (χ0) is 15.2. The third kappa shape index (κ3) is 4.53. The fourth-order valence-electron chi connectivity index (χ4n) is 3.40. The summed E-state index contributed by atoms with van der Waals surface area (Å²) in [5.41, 5.74) is 2.78. The Balaban J connectivity index is 1.83. The molecule has 1 aliphatic heterocycles. The predicted octanol–water partition coefficient (Wildman–Crippen LogP) is 2.74. The van der Waals surface area contributed by atoms with E-state index in [1.807, 2.05) is 6.92 Å². The van der Waals surface area contributed by atoms with E-state index in [9.17, 15) is 5.11 Å². The van der Waals surface area contributed by atoms with Crippen LogP contribution in [0, 0.1) is 12.8 Å². The van der Waals surface area contributed by atoms with Crippen LogP contribution in [0.3, 0.4) is 0 Å². The first-order valence-electron chi connectivity index (χ1n) is 8.25. The Labute approximate surface area is 129 Å². The number of hydrogen-bond acceptors (Lipinski definition) is 3. The molecule has 1 heterocycles. The van der Waals surface area contributed by atoms with Crippen LogP contribution in [-0.4, -0.2) is 42.8 Å². The summed E-state index contributed by atoms with van der Waals surface area (Å²) in [5, 5.41) is 13.1. The Morgan fingerprint density at radius 1 is 1.29 bits per heavy atom. The van der Waals surface area contributed by atoms with Gasteiger partial charge in [0, 0.05) is 6.04 Å². The summed E-state index contributed by atoms with van der Waals surface area (Å²) in [6.45, 7) is 7.50. The van der Waals surface area contributed by atoms with Gasteiger partial charge in [0.05, 0.1) is 6.10 Å². The van der Waals surface area contributed by atoms with E-state index in [-0.39, 0.29) is 6.10 Å². The van der Waals surface area contributed by atoms with Crippen molar-refractivity contribution in [3.8, 4) is 0 Å². The Kier molecular flexibility index (Phi) is 6.22. The monoisotopic (exact) mass is 290 g/mol. The van der Waals surface area contributed by atoms with Crippen molar-refractivity contribution in [1.29, 1.82) is 0 Å². The molecule has 21 heavy (non-hydrogen) atoms. The molecule has 0 aliphatic carbocycles. The number of piperidine rings is 1. The van der Waals surface area contributed by atoms with Gasteiger partial charge >= 0.3 is 0 Å². The summed E-state index contributed by atoms with van der Waals surface area (Å²) in [7, 11) is 2.05. The normalized spacial score (nSPS) is 20.4. The molecule has 0 amide bonds. The molecule has 1 saturated heterocycles. The van der Waals surface area contributed by atoms with Crippen LogP contribution in [0.5, 0.6) is 0 Å². The average molecular weight is 290 g/mol. The van der Waals surface area contributed by atoms with Crippen LogP contribution in [0.25, 0.3) is 0 Å². The minimum atomic E-state index is -0.149. The first-order chi connectivity index (χ1) is 10.1. The fraction of sp³-hybridized carbons (Fsp3) is 0.667. The summed E-state index contributed by atoms with van der Waals surface area (Å²) in [4.78, 5) is 2.54. The molecule has 0 spiro atoms. The molecule has 0 radical (unpaired) electrons. The highest BCUT2D eigenvalue weighted by molar-refractivity contribution is 5.28. The SMILES string of the molecule is CNC(CCN1CCC(C(C)O)CC1)c1ccccc1C. The van der Waals surface area contributed by atoms with E-state index in [1.165, 1.54) is 11.1 Å². The molecule has 1 aromatic carbocycles. The molecular weight excluding hydrogens is 260 g/mol. The fourth-order valence-corrected chi connectivity index (χ4v) is 3.40. The summed E-state index contributed by atoms with van der Waals surface area (Å²) in [6.07, 6.45) is 3.25. The zero-order valence-corrected chi connectivity index (χ0v) is 13.7. The number of hydrogen-bond donors (Lipinski definition) is 2. The third-order valence-corrected chi connectivity index (χ3v) is 4.96. The van der Waals surface area contributed by atoms with E-state index in [0.717, 1.165) is 38.9 Å². The van der Waals surface area contributed by atoms with E-state index in [4.69, 9.17) is 0 Å². The number of aliphatic hydroxyl groups is 1. The number of nitrogens with zero attached hydrogens (tertiary/aromatic N) is 1. The van der Waals surface area contributed by atoms with Crippen molar-refractivity contribution in [2.45, 2.75) is 45.3 Å². The van der Waals surface area contributed by atoms with E-state index in [0.29, 0.717) is 12.0 Å². The number of rotatable bonds is 6. The molecule has 1 aromatic rings.